The molecule has 90 valence electrons. The van der Waals surface area contributed by atoms with Gasteiger partial charge in [-0.1, -0.05) is 13.3 Å². The van der Waals surface area contributed by atoms with Crippen molar-refractivity contribution in [3.8, 4) is 0 Å². The highest BCUT2D eigenvalue weighted by molar-refractivity contribution is 5.03. The molecule has 0 aliphatic carbocycles. The van der Waals surface area contributed by atoms with E-state index in [0.29, 0.717) is 12.1 Å². The average molecular weight is 222 g/mol. The van der Waals surface area contributed by atoms with E-state index in [0.717, 1.165) is 18.2 Å². The van der Waals surface area contributed by atoms with Crippen LogP contribution in [0.2, 0.25) is 0 Å². The molecule has 0 radical (unpaired) electrons. The van der Waals surface area contributed by atoms with E-state index < -0.39 is 0 Å². The minimum Gasteiger partial charge on any atom is -0.314 e. The summed E-state index contributed by atoms with van der Waals surface area (Å²) in [5.41, 5.74) is 0. The second-order valence-electron chi connectivity index (χ2n) is 4.81. The number of hydrogen-bond donors (Lipinski definition) is 1. The van der Waals surface area contributed by atoms with Crippen molar-refractivity contribution in [3.63, 3.8) is 0 Å². The molecule has 0 saturated heterocycles. The Balaban J connectivity index is 2.07. The molecule has 0 spiro atoms. The van der Waals surface area contributed by atoms with E-state index in [-0.39, 0.29) is 0 Å². The zero-order chi connectivity index (χ0) is 11.5. The molecule has 0 aromatic carbocycles. The van der Waals surface area contributed by atoms with Gasteiger partial charge in [-0.3, -0.25) is 0 Å². The van der Waals surface area contributed by atoms with Crippen molar-refractivity contribution in [3.05, 3.63) is 11.6 Å². The molecule has 0 amide bonds. The topological polar surface area (TPSA) is 42.7 Å². The van der Waals surface area contributed by atoms with Crippen LogP contribution in [0.5, 0.6) is 0 Å². The quantitative estimate of drug-likeness (QED) is 0.849. The van der Waals surface area contributed by atoms with Crippen molar-refractivity contribution >= 4 is 0 Å². The Kier molecular flexibility index (Phi) is 3.59. The minimum atomic E-state index is 0.400. The van der Waals surface area contributed by atoms with Crippen molar-refractivity contribution < 1.29 is 0 Å². The number of fused-ring (bicyclic) bond motifs is 1. The molecular formula is C12H22N4. The molecule has 2 atom stereocenters. The van der Waals surface area contributed by atoms with E-state index >= 15 is 0 Å². The smallest absolute Gasteiger partial charge is 0.150 e. The maximum atomic E-state index is 4.30. The Morgan fingerprint density at radius 3 is 3.06 bits per heavy atom. The van der Waals surface area contributed by atoms with Gasteiger partial charge in [0.25, 0.3) is 0 Å². The Hall–Kier alpha value is -0.900. The molecule has 2 heterocycles. The van der Waals surface area contributed by atoms with Crippen molar-refractivity contribution in [1.29, 1.82) is 0 Å². The molecule has 2 unspecified atom stereocenters. The van der Waals surface area contributed by atoms with E-state index in [4.69, 9.17) is 0 Å². The highest BCUT2D eigenvalue weighted by Crippen LogP contribution is 2.24. The van der Waals surface area contributed by atoms with Gasteiger partial charge in [0.2, 0.25) is 0 Å². The first-order valence-corrected chi connectivity index (χ1v) is 6.38. The number of nitrogens with zero attached hydrogens (tertiary/aromatic N) is 3. The third-order valence-corrected chi connectivity index (χ3v) is 3.36. The molecular weight excluding hydrogens is 200 g/mol. The molecule has 1 aliphatic rings. The predicted molar refractivity (Wildman–Crippen MR) is 64.2 cm³/mol. The third kappa shape index (κ3) is 2.26. The molecule has 1 aromatic heterocycles. The molecule has 1 N–H and O–H groups in total. The average Bonchev–Trinajstić information content (AvgIpc) is 2.62. The largest absolute Gasteiger partial charge is 0.314 e. The fraction of sp³-hybridized carbons (Fsp3) is 0.833. The summed E-state index contributed by atoms with van der Waals surface area (Å²) in [5.74, 6) is 2.18. The lowest BCUT2D eigenvalue weighted by molar-refractivity contribution is 0.344. The molecule has 0 bridgehead atoms. The summed E-state index contributed by atoms with van der Waals surface area (Å²) in [6.07, 6.45) is 4.87. The first-order valence-electron chi connectivity index (χ1n) is 6.38. The van der Waals surface area contributed by atoms with Crippen LogP contribution in [-0.2, 0) is 6.54 Å². The van der Waals surface area contributed by atoms with Crippen molar-refractivity contribution in [2.75, 3.05) is 0 Å². The van der Waals surface area contributed by atoms with Crippen LogP contribution in [0.25, 0.3) is 0 Å². The van der Waals surface area contributed by atoms with E-state index in [1.54, 1.807) is 0 Å². The van der Waals surface area contributed by atoms with Crippen molar-refractivity contribution in [1.82, 2.24) is 20.1 Å². The summed E-state index contributed by atoms with van der Waals surface area (Å²) >= 11 is 0. The highest BCUT2D eigenvalue weighted by atomic mass is 15.3. The minimum absolute atomic E-state index is 0.400. The van der Waals surface area contributed by atoms with Crippen LogP contribution in [0.3, 0.4) is 0 Å². The standard InChI is InChI=1S/C12H22N4/c1-4-6-9(2)13-11-7-5-8-16-10(3)14-15-12(11)16/h9,11,13H,4-8H2,1-3H3. The van der Waals surface area contributed by atoms with Crippen LogP contribution < -0.4 is 5.32 Å². The van der Waals surface area contributed by atoms with Gasteiger partial charge < -0.3 is 9.88 Å². The highest BCUT2D eigenvalue weighted by Gasteiger charge is 2.24. The zero-order valence-electron chi connectivity index (χ0n) is 10.5. The fourth-order valence-corrected chi connectivity index (χ4v) is 2.53. The fourth-order valence-electron chi connectivity index (χ4n) is 2.53. The van der Waals surface area contributed by atoms with Gasteiger partial charge in [-0.2, -0.15) is 0 Å². The van der Waals surface area contributed by atoms with Crippen LogP contribution in [-0.4, -0.2) is 20.8 Å². The maximum absolute atomic E-state index is 4.30. The first-order chi connectivity index (χ1) is 7.72. The van der Waals surface area contributed by atoms with Crippen LogP contribution >= 0.6 is 0 Å². The first kappa shape index (κ1) is 11.6. The number of aromatic nitrogens is 3. The number of hydrogen-bond acceptors (Lipinski definition) is 3. The van der Waals surface area contributed by atoms with Gasteiger partial charge in [0.15, 0.2) is 0 Å². The van der Waals surface area contributed by atoms with Gasteiger partial charge in [-0.25, -0.2) is 0 Å². The Labute approximate surface area is 97.5 Å². The van der Waals surface area contributed by atoms with E-state index in [9.17, 15) is 0 Å². The molecule has 0 fully saturated rings. The number of nitrogens with one attached hydrogen (secondary N) is 1. The zero-order valence-corrected chi connectivity index (χ0v) is 10.5. The van der Waals surface area contributed by atoms with Gasteiger partial charge in [0.05, 0.1) is 6.04 Å². The summed E-state index contributed by atoms with van der Waals surface area (Å²) in [6, 6.07) is 0.968. The van der Waals surface area contributed by atoms with Crippen molar-refractivity contribution in [2.45, 2.75) is 65.1 Å². The number of rotatable bonds is 4. The van der Waals surface area contributed by atoms with Crippen LogP contribution in [0, 0.1) is 6.92 Å². The van der Waals surface area contributed by atoms with Crippen LogP contribution in [0.15, 0.2) is 0 Å². The van der Waals surface area contributed by atoms with Crippen LogP contribution in [0.1, 0.15) is 57.2 Å². The normalized spacial score (nSPS) is 21.8. The number of aryl methyl sites for hydroxylation is 1. The van der Waals surface area contributed by atoms with E-state index in [1.165, 1.54) is 25.7 Å². The second kappa shape index (κ2) is 4.95. The maximum Gasteiger partial charge on any atom is 0.150 e. The van der Waals surface area contributed by atoms with Gasteiger partial charge in [-0.05, 0) is 33.1 Å². The molecule has 4 heteroatoms. The lowest BCUT2D eigenvalue weighted by Crippen LogP contribution is -2.34. The SMILES string of the molecule is CCCC(C)NC1CCCn2c(C)nnc21. The Bertz CT molecular complexity index is 345. The Morgan fingerprint density at radius 2 is 2.31 bits per heavy atom. The monoisotopic (exact) mass is 222 g/mol. The summed E-state index contributed by atoms with van der Waals surface area (Å²) in [6.45, 7) is 7.60. The van der Waals surface area contributed by atoms with Gasteiger partial charge in [-0.15, -0.1) is 10.2 Å². The predicted octanol–water partition coefficient (Wildman–Crippen LogP) is 2.20. The van der Waals surface area contributed by atoms with Gasteiger partial charge in [0, 0.05) is 12.6 Å². The molecule has 2 rings (SSSR count). The van der Waals surface area contributed by atoms with Gasteiger partial charge >= 0.3 is 0 Å². The van der Waals surface area contributed by atoms with Crippen molar-refractivity contribution in [2.24, 2.45) is 0 Å². The van der Waals surface area contributed by atoms with E-state index in [2.05, 4.69) is 33.9 Å². The summed E-state index contributed by atoms with van der Waals surface area (Å²) in [4.78, 5) is 0. The molecule has 4 nitrogen and oxygen atoms in total. The molecule has 1 aromatic rings. The van der Waals surface area contributed by atoms with Crippen LogP contribution in [0.4, 0.5) is 0 Å². The molecule has 0 saturated carbocycles. The summed E-state index contributed by atoms with van der Waals surface area (Å²) in [7, 11) is 0. The van der Waals surface area contributed by atoms with Gasteiger partial charge in [0.1, 0.15) is 11.6 Å². The summed E-state index contributed by atoms with van der Waals surface area (Å²) < 4.78 is 2.25. The molecule has 16 heavy (non-hydrogen) atoms. The third-order valence-electron chi connectivity index (χ3n) is 3.36. The lowest BCUT2D eigenvalue weighted by atomic mass is 10.0. The van der Waals surface area contributed by atoms with E-state index in [1.807, 2.05) is 6.92 Å². The lowest BCUT2D eigenvalue weighted by Gasteiger charge is -2.27. The molecule has 1 aliphatic heterocycles. The second-order valence-corrected chi connectivity index (χ2v) is 4.81. The summed E-state index contributed by atoms with van der Waals surface area (Å²) in [5, 5.41) is 12.1. The Morgan fingerprint density at radius 1 is 1.50 bits per heavy atom.